The summed E-state index contributed by atoms with van der Waals surface area (Å²) >= 11 is 0. The van der Waals surface area contributed by atoms with E-state index in [1.165, 1.54) is 0 Å². The summed E-state index contributed by atoms with van der Waals surface area (Å²) in [5, 5.41) is 4.20. The van der Waals surface area contributed by atoms with Crippen molar-refractivity contribution < 1.29 is 0 Å². The first-order valence-corrected chi connectivity index (χ1v) is 7.83. The van der Waals surface area contributed by atoms with E-state index in [4.69, 9.17) is 0 Å². The van der Waals surface area contributed by atoms with Crippen LogP contribution in [0.3, 0.4) is 0 Å². The Morgan fingerprint density at radius 3 is 2.84 bits per heavy atom. The van der Waals surface area contributed by atoms with Gasteiger partial charge in [-0.05, 0) is 24.3 Å². The molecule has 0 saturated heterocycles. The van der Waals surface area contributed by atoms with Gasteiger partial charge >= 0.3 is 0 Å². The third-order valence-electron chi connectivity index (χ3n) is 4.03. The normalized spacial score (nSPS) is 11.2. The van der Waals surface area contributed by atoms with Gasteiger partial charge in [0, 0.05) is 29.5 Å². The number of para-hydroxylation sites is 2. The molecule has 0 unspecified atom stereocenters. The fourth-order valence-electron chi connectivity index (χ4n) is 2.87. The van der Waals surface area contributed by atoms with Gasteiger partial charge in [-0.25, -0.2) is 15.0 Å². The summed E-state index contributed by atoms with van der Waals surface area (Å²) < 4.78 is 0. The number of nitrogens with one attached hydrogen (secondary N) is 3. The van der Waals surface area contributed by atoms with Gasteiger partial charge in [0.25, 0.3) is 0 Å². The molecule has 0 bridgehead atoms. The highest BCUT2D eigenvalue weighted by atomic mass is 15.2. The number of pyridine rings is 1. The predicted octanol–water partition coefficient (Wildman–Crippen LogP) is 3.64. The second-order valence-electron chi connectivity index (χ2n) is 5.62. The number of imidazole rings is 1. The highest BCUT2D eigenvalue weighted by Gasteiger charge is 2.09. The summed E-state index contributed by atoms with van der Waals surface area (Å²) in [6.45, 7) is 0. The molecule has 7 nitrogen and oxygen atoms in total. The van der Waals surface area contributed by atoms with Gasteiger partial charge < -0.3 is 9.97 Å². The monoisotopic (exact) mass is 327 g/mol. The number of H-pyrrole nitrogens is 2. The summed E-state index contributed by atoms with van der Waals surface area (Å²) in [4.78, 5) is 23.9. The van der Waals surface area contributed by atoms with Crippen molar-refractivity contribution in [2.45, 2.75) is 0 Å². The number of aromatic amines is 2. The van der Waals surface area contributed by atoms with Crippen LogP contribution in [0.4, 0.5) is 11.9 Å². The average molecular weight is 327 g/mol. The summed E-state index contributed by atoms with van der Waals surface area (Å²) in [7, 11) is 0. The molecular formula is C18H13N7. The highest BCUT2D eigenvalue weighted by Crippen LogP contribution is 2.27. The molecule has 7 heteroatoms. The molecule has 0 aliphatic rings. The first kappa shape index (κ1) is 13.7. The molecule has 0 amide bonds. The highest BCUT2D eigenvalue weighted by molar-refractivity contribution is 5.94. The van der Waals surface area contributed by atoms with Crippen molar-refractivity contribution in [3.8, 4) is 11.3 Å². The molecule has 0 spiro atoms. The van der Waals surface area contributed by atoms with Gasteiger partial charge in [0.15, 0.2) is 0 Å². The zero-order valence-corrected chi connectivity index (χ0v) is 13.1. The minimum atomic E-state index is 0.486. The molecule has 0 radical (unpaired) electrons. The molecule has 0 fully saturated rings. The van der Waals surface area contributed by atoms with Gasteiger partial charge in [-0.3, -0.25) is 10.3 Å². The Bertz CT molecular complexity index is 1160. The Morgan fingerprint density at radius 1 is 0.920 bits per heavy atom. The van der Waals surface area contributed by atoms with Crippen LogP contribution in [0.25, 0.3) is 33.2 Å². The fourth-order valence-corrected chi connectivity index (χ4v) is 2.87. The quantitative estimate of drug-likeness (QED) is 0.470. The third-order valence-corrected chi connectivity index (χ3v) is 4.03. The van der Waals surface area contributed by atoms with Gasteiger partial charge in [0.2, 0.25) is 11.9 Å². The van der Waals surface area contributed by atoms with Gasteiger partial charge in [-0.2, -0.15) is 0 Å². The molecule has 4 heterocycles. The summed E-state index contributed by atoms with van der Waals surface area (Å²) in [5.41, 5.74) is 4.66. The Balaban J connectivity index is 1.52. The van der Waals surface area contributed by atoms with Crippen LogP contribution in [0, 0.1) is 0 Å². The number of nitrogens with zero attached hydrogens (tertiary/aromatic N) is 4. The fraction of sp³-hybridized carbons (Fsp3) is 0. The van der Waals surface area contributed by atoms with Crippen molar-refractivity contribution in [3.05, 3.63) is 61.2 Å². The molecule has 4 aromatic heterocycles. The van der Waals surface area contributed by atoms with Crippen LogP contribution in [-0.4, -0.2) is 29.9 Å². The second-order valence-corrected chi connectivity index (χ2v) is 5.62. The lowest BCUT2D eigenvalue weighted by Gasteiger charge is -2.03. The topological polar surface area (TPSA) is 95.2 Å². The number of fused-ring (bicyclic) bond motifs is 2. The Labute approximate surface area is 142 Å². The van der Waals surface area contributed by atoms with E-state index in [1.807, 2.05) is 42.6 Å². The Hall–Kier alpha value is -3.74. The van der Waals surface area contributed by atoms with Gasteiger partial charge in [-0.15, -0.1) is 0 Å². The largest absolute Gasteiger partial charge is 0.359 e. The van der Waals surface area contributed by atoms with E-state index in [9.17, 15) is 0 Å². The molecule has 0 aliphatic carbocycles. The Kier molecular flexibility index (Phi) is 2.96. The lowest BCUT2D eigenvalue weighted by Crippen LogP contribution is -1.99. The number of aromatic nitrogens is 6. The SMILES string of the molecule is c1ccc2[nH]c(Nc3nccc(-c4c[nH]c5cnccc45)n3)nc2c1. The van der Waals surface area contributed by atoms with Crippen LogP contribution >= 0.6 is 0 Å². The van der Waals surface area contributed by atoms with E-state index >= 15 is 0 Å². The molecule has 120 valence electrons. The van der Waals surface area contributed by atoms with Gasteiger partial charge in [0.1, 0.15) is 0 Å². The third kappa shape index (κ3) is 2.38. The lowest BCUT2D eigenvalue weighted by atomic mass is 10.1. The molecule has 25 heavy (non-hydrogen) atoms. The van der Waals surface area contributed by atoms with Crippen LogP contribution in [0.15, 0.2) is 61.2 Å². The molecule has 3 N–H and O–H groups in total. The number of hydrogen-bond donors (Lipinski definition) is 3. The summed E-state index contributed by atoms with van der Waals surface area (Å²) in [6, 6.07) is 11.7. The van der Waals surface area contributed by atoms with Crippen molar-refractivity contribution in [1.29, 1.82) is 0 Å². The minimum Gasteiger partial charge on any atom is -0.359 e. The maximum Gasteiger partial charge on any atom is 0.230 e. The van der Waals surface area contributed by atoms with Gasteiger partial charge in [0.05, 0.1) is 28.4 Å². The van der Waals surface area contributed by atoms with Crippen molar-refractivity contribution in [3.63, 3.8) is 0 Å². The number of anilines is 2. The molecule has 5 aromatic rings. The average Bonchev–Trinajstić information content (AvgIpc) is 3.25. The van der Waals surface area contributed by atoms with Crippen molar-refractivity contribution >= 4 is 33.8 Å². The molecular weight excluding hydrogens is 314 g/mol. The predicted molar refractivity (Wildman–Crippen MR) is 96.5 cm³/mol. The van der Waals surface area contributed by atoms with E-state index in [0.717, 1.165) is 33.2 Å². The maximum atomic E-state index is 4.61. The Morgan fingerprint density at radius 2 is 1.88 bits per heavy atom. The lowest BCUT2D eigenvalue weighted by molar-refractivity contribution is 1.15. The minimum absolute atomic E-state index is 0.486. The van der Waals surface area contributed by atoms with Crippen molar-refractivity contribution in [2.75, 3.05) is 5.32 Å². The molecule has 5 rings (SSSR count). The molecule has 0 saturated carbocycles. The summed E-state index contributed by atoms with van der Waals surface area (Å²) in [5.74, 6) is 1.10. The van der Waals surface area contributed by atoms with E-state index in [2.05, 4.69) is 35.2 Å². The molecule has 0 aliphatic heterocycles. The van der Waals surface area contributed by atoms with E-state index in [0.29, 0.717) is 11.9 Å². The van der Waals surface area contributed by atoms with Crippen LogP contribution in [0.2, 0.25) is 0 Å². The van der Waals surface area contributed by atoms with Crippen LogP contribution in [0.5, 0.6) is 0 Å². The number of hydrogen-bond acceptors (Lipinski definition) is 5. The first-order valence-electron chi connectivity index (χ1n) is 7.83. The smallest absolute Gasteiger partial charge is 0.230 e. The molecule has 0 atom stereocenters. The summed E-state index contributed by atoms with van der Waals surface area (Å²) in [6.07, 6.45) is 7.23. The van der Waals surface area contributed by atoms with Crippen LogP contribution in [0.1, 0.15) is 0 Å². The number of rotatable bonds is 3. The van der Waals surface area contributed by atoms with Crippen molar-refractivity contribution in [2.24, 2.45) is 0 Å². The first-order chi connectivity index (χ1) is 12.4. The zero-order chi connectivity index (χ0) is 16.6. The van der Waals surface area contributed by atoms with E-state index in [-0.39, 0.29) is 0 Å². The van der Waals surface area contributed by atoms with Crippen LogP contribution < -0.4 is 5.32 Å². The second kappa shape index (κ2) is 5.41. The number of benzene rings is 1. The van der Waals surface area contributed by atoms with E-state index in [1.54, 1.807) is 18.6 Å². The zero-order valence-electron chi connectivity index (χ0n) is 13.1. The van der Waals surface area contributed by atoms with Crippen LogP contribution in [-0.2, 0) is 0 Å². The maximum absolute atomic E-state index is 4.61. The standard InChI is InChI=1S/C18H13N7/c1-2-4-15-14(3-1)23-18(24-15)25-17-20-8-6-13(22-17)12-9-21-16-10-19-7-5-11(12)16/h1-10,21H,(H2,20,22,23,24,25). The van der Waals surface area contributed by atoms with E-state index < -0.39 is 0 Å². The van der Waals surface area contributed by atoms with Crippen molar-refractivity contribution in [1.82, 2.24) is 29.9 Å². The molecule has 1 aromatic carbocycles. The van der Waals surface area contributed by atoms with Gasteiger partial charge in [-0.1, -0.05) is 12.1 Å².